The number of phenolic OH excluding ortho intramolecular Hbond substituents is 1. The molecule has 0 radical (unpaired) electrons. The molecule has 4 rings (SSSR count). The second-order valence-electron chi connectivity index (χ2n) is 6.95. The van der Waals surface area contributed by atoms with Crippen molar-refractivity contribution in [3.63, 3.8) is 0 Å². The Hall–Kier alpha value is -4.73. The Bertz CT molecular complexity index is 1290. The number of ether oxygens (including phenoxy) is 1. The van der Waals surface area contributed by atoms with Crippen molar-refractivity contribution in [1.29, 1.82) is 0 Å². The third-order valence-electron chi connectivity index (χ3n) is 4.69. The fourth-order valence-corrected chi connectivity index (χ4v) is 3.04. The second-order valence-corrected chi connectivity index (χ2v) is 6.95. The molecule has 10 nitrogen and oxygen atoms in total. The maximum absolute atomic E-state index is 12.8. The number of benzene rings is 2. The molecule has 4 aromatic rings. The number of amides is 1. The lowest BCUT2D eigenvalue weighted by molar-refractivity contribution is 0.0600. The smallest absolute Gasteiger partial charge is 0.337 e. The highest BCUT2D eigenvalue weighted by molar-refractivity contribution is 6.07. The van der Waals surface area contributed by atoms with Crippen molar-refractivity contribution in [2.45, 2.75) is 6.54 Å². The number of hydrogen-bond donors (Lipinski definition) is 3. The molecule has 0 spiro atoms. The number of phenols is 1. The minimum atomic E-state index is -0.548. The molecule has 0 atom stereocenters. The Labute approximate surface area is 188 Å². The van der Waals surface area contributed by atoms with Crippen molar-refractivity contribution in [2.24, 2.45) is 0 Å². The minimum Gasteiger partial charge on any atom is -0.507 e. The molecule has 0 aliphatic heterocycles. The molecular weight excluding hydrogens is 424 g/mol. The normalized spacial score (nSPS) is 10.5. The fraction of sp³-hybridized carbons (Fsp3) is 0.0870. The predicted octanol–water partition coefficient (Wildman–Crippen LogP) is 3.02. The first-order valence-corrected chi connectivity index (χ1v) is 9.93. The van der Waals surface area contributed by atoms with Crippen LogP contribution in [0.15, 0.2) is 73.1 Å². The van der Waals surface area contributed by atoms with E-state index in [1.54, 1.807) is 36.7 Å². The van der Waals surface area contributed by atoms with Crippen LogP contribution in [0.25, 0.3) is 5.69 Å². The van der Waals surface area contributed by atoms with Gasteiger partial charge in [-0.25, -0.2) is 14.5 Å². The molecule has 0 unspecified atom stereocenters. The number of pyridine rings is 1. The molecule has 0 bridgehead atoms. The van der Waals surface area contributed by atoms with Gasteiger partial charge in [0.25, 0.3) is 5.91 Å². The first-order chi connectivity index (χ1) is 16.0. The van der Waals surface area contributed by atoms with E-state index in [1.165, 1.54) is 30.0 Å². The number of aromatic hydroxyl groups is 1. The fourth-order valence-electron chi connectivity index (χ4n) is 3.04. The van der Waals surface area contributed by atoms with Crippen molar-refractivity contribution in [3.05, 3.63) is 89.9 Å². The average Bonchev–Trinajstić information content (AvgIpc) is 3.32. The number of nitrogens with one attached hydrogen (secondary N) is 2. The summed E-state index contributed by atoms with van der Waals surface area (Å²) in [5, 5.41) is 24.3. The van der Waals surface area contributed by atoms with Crippen molar-refractivity contribution in [2.75, 3.05) is 17.7 Å². The predicted molar refractivity (Wildman–Crippen MR) is 120 cm³/mol. The summed E-state index contributed by atoms with van der Waals surface area (Å²) < 4.78 is 6.20. The molecule has 2 aromatic carbocycles. The van der Waals surface area contributed by atoms with Gasteiger partial charge < -0.3 is 20.5 Å². The van der Waals surface area contributed by atoms with Crippen LogP contribution in [0, 0.1) is 0 Å². The van der Waals surface area contributed by atoms with Crippen molar-refractivity contribution in [1.82, 2.24) is 20.0 Å². The SMILES string of the molecule is COC(=O)c1cccc(NC(=O)c2cc(-n3cc(CNc4ccccn4)nn3)ccc2O)c1. The molecule has 2 aromatic heterocycles. The Morgan fingerprint density at radius 3 is 2.76 bits per heavy atom. The van der Waals surface area contributed by atoms with Crippen LogP contribution in [0.2, 0.25) is 0 Å². The van der Waals surface area contributed by atoms with Gasteiger partial charge in [0.1, 0.15) is 17.3 Å². The van der Waals surface area contributed by atoms with Gasteiger partial charge in [0.15, 0.2) is 0 Å². The molecule has 0 aliphatic rings. The van der Waals surface area contributed by atoms with E-state index in [9.17, 15) is 14.7 Å². The number of hydrogen-bond acceptors (Lipinski definition) is 8. The lowest BCUT2D eigenvalue weighted by atomic mass is 10.1. The average molecular weight is 444 g/mol. The van der Waals surface area contributed by atoms with Gasteiger partial charge in [-0.1, -0.05) is 17.3 Å². The van der Waals surface area contributed by atoms with Crippen LogP contribution in [0.3, 0.4) is 0 Å². The maximum Gasteiger partial charge on any atom is 0.337 e. The van der Waals surface area contributed by atoms with Crippen molar-refractivity contribution < 1.29 is 19.4 Å². The van der Waals surface area contributed by atoms with Gasteiger partial charge in [-0.2, -0.15) is 0 Å². The number of carbonyl (C=O) groups is 2. The second kappa shape index (κ2) is 9.60. The van der Waals surface area contributed by atoms with Crippen LogP contribution in [0.4, 0.5) is 11.5 Å². The number of rotatable bonds is 7. The van der Waals surface area contributed by atoms with Crippen LogP contribution >= 0.6 is 0 Å². The lowest BCUT2D eigenvalue weighted by Gasteiger charge is -2.10. The van der Waals surface area contributed by atoms with E-state index in [0.717, 1.165) is 0 Å². The summed E-state index contributed by atoms with van der Waals surface area (Å²) in [7, 11) is 1.28. The van der Waals surface area contributed by atoms with Gasteiger partial charge in [0.05, 0.1) is 36.7 Å². The maximum atomic E-state index is 12.8. The number of esters is 1. The van der Waals surface area contributed by atoms with E-state index in [2.05, 4.69) is 25.9 Å². The van der Waals surface area contributed by atoms with Crippen LogP contribution in [0.1, 0.15) is 26.4 Å². The molecule has 33 heavy (non-hydrogen) atoms. The van der Waals surface area contributed by atoms with Gasteiger partial charge >= 0.3 is 5.97 Å². The molecule has 0 fully saturated rings. The Balaban J connectivity index is 1.49. The molecule has 3 N–H and O–H groups in total. The highest BCUT2D eigenvalue weighted by Crippen LogP contribution is 2.22. The topological polar surface area (TPSA) is 131 Å². The van der Waals surface area contributed by atoms with Gasteiger partial charge in [-0.3, -0.25) is 4.79 Å². The molecule has 0 aliphatic carbocycles. The summed E-state index contributed by atoms with van der Waals surface area (Å²) in [5.41, 5.74) is 1.93. The number of methoxy groups -OCH3 is 1. The van der Waals surface area contributed by atoms with E-state index in [-0.39, 0.29) is 11.3 Å². The summed E-state index contributed by atoms with van der Waals surface area (Å²) >= 11 is 0. The zero-order chi connectivity index (χ0) is 23.2. The molecule has 0 saturated heterocycles. The van der Waals surface area contributed by atoms with Crippen molar-refractivity contribution in [3.8, 4) is 11.4 Å². The number of aromatic nitrogens is 4. The standard InChI is InChI=1S/C23H20N6O4/c1-33-23(32)15-5-4-6-16(11-15)26-22(31)19-12-18(8-9-20(19)30)29-14-17(27-28-29)13-25-21-7-2-3-10-24-21/h2-12,14,30H,13H2,1H3,(H,24,25)(H,26,31). The summed E-state index contributed by atoms with van der Waals surface area (Å²) in [6, 6.07) is 16.4. The summed E-state index contributed by atoms with van der Waals surface area (Å²) in [5.74, 6) is -0.548. The zero-order valence-electron chi connectivity index (χ0n) is 17.6. The van der Waals surface area contributed by atoms with E-state index >= 15 is 0 Å². The lowest BCUT2D eigenvalue weighted by Crippen LogP contribution is -2.13. The Kier molecular flexibility index (Phi) is 6.26. The van der Waals surface area contributed by atoms with Crippen LogP contribution < -0.4 is 10.6 Å². The quantitative estimate of drug-likeness (QED) is 0.371. The van der Waals surface area contributed by atoms with Crippen LogP contribution in [-0.4, -0.2) is 44.1 Å². The third-order valence-corrected chi connectivity index (χ3v) is 4.69. The largest absolute Gasteiger partial charge is 0.507 e. The summed E-state index contributed by atoms with van der Waals surface area (Å²) in [6.07, 6.45) is 3.40. The minimum absolute atomic E-state index is 0.0413. The molecule has 2 heterocycles. The first kappa shape index (κ1) is 21.5. The van der Waals surface area contributed by atoms with Crippen LogP contribution in [0.5, 0.6) is 5.75 Å². The molecule has 166 valence electrons. The van der Waals surface area contributed by atoms with E-state index in [1.807, 2.05) is 18.2 Å². The summed E-state index contributed by atoms with van der Waals surface area (Å²) in [6.45, 7) is 0.416. The number of nitrogens with zero attached hydrogens (tertiary/aromatic N) is 4. The van der Waals surface area contributed by atoms with E-state index in [0.29, 0.717) is 35.0 Å². The van der Waals surface area contributed by atoms with Crippen LogP contribution in [-0.2, 0) is 11.3 Å². The number of carbonyl (C=O) groups excluding carboxylic acids is 2. The van der Waals surface area contributed by atoms with Gasteiger partial charge in [-0.15, -0.1) is 5.10 Å². The first-order valence-electron chi connectivity index (χ1n) is 9.93. The molecular formula is C23H20N6O4. The van der Waals surface area contributed by atoms with Crippen molar-refractivity contribution >= 4 is 23.4 Å². The summed E-state index contributed by atoms with van der Waals surface area (Å²) in [4.78, 5) is 28.7. The highest BCUT2D eigenvalue weighted by atomic mass is 16.5. The Morgan fingerprint density at radius 1 is 1.09 bits per heavy atom. The van der Waals surface area contributed by atoms with E-state index in [4.69, 9.17) is 4.74 Å². The Morgan fingerprint density at radius 2 is 1.97 bits per heavy atom. The van der Waals surface area contributed by atoms with Gasteiger partial charge in [0, 0.05) is 11.9 Å². The van der Waals surface area contributed by atoms with E-state index < -0.39 is 11.9 Å². The molecule has 10 heteroatoms. The molecule has 1 amide bonds. The van der Waals surface area contributed by atoms with Gasteiger partial charge in [-0.05, 0) is 48.5 Å². The monoisotopic (exact) mass is 444 g/mol. The highest BCUT2D eigenvalue weighted by Gasteiger charge is 2.15. The number of anilines is 2. The third kappa shape index (κ3) is 5.13. The zero-order valence-corrected chi connectivity index (χ0v) is 17.6. The molecule has 0 saturated carbocycles. The van der Waals surface area contributed by atoms with Gasteiger partial charge in [0.2, 0.25) is 0 Å².